The molecular formula is C13H17F3N2O5. The minimum Gasteiger partial charge on any atom is -0.388 e. The zero-order chi connectivity index (χ0) is 17.4. The fourth-order valence-electron chi connectivity index (χ4n) is 2.48. The Morgan fingerprint density at radius 2 is 1.96 bits per heavy atom. The summed E-state index contributed by atoms with van der Waals surface area (Å²) in [6.45, 7) is 1.90. The Labute approximate surface area is 128 Å². The van der Waals surface area contributed by atoms with Gasteiger partial charge in [0.25, 0.3) is 5.56 Å². The number of ether oxygens (including phenoxy) is 1. The highest BCUT2D eigenvalue weighted by atomic mass is 19.4. The van der Waals surface area contributed by atoms with Gasteiger partial charge in [-0.05, 0) is 6.42 Å². The summed E-state index contributed by atoms with van der Waals surface area (Å²) in [5.74, 6) is 0. The number of unbranched alkanes of at least 4 members (excludes halogenated alkanes) is 1. The van der Waals surface area contributed by atoms with Gasteiger partial charge in [-0.25, -0.2) is 4.79 Å². The van der Waals surface area contributed by atoms with Crippen molar-refractivity contribution in [3.8, 4) is 0 Å². The topological polar surface area (TPSA) is 105 Å². The number of aromatic nitrogens is 2. The van der Waals surface area contributed by atoms with Crippen molar-refractivity contribution in [3.05, 3.63) is 32.6 Å². The maximum Gasteiger partial charge on any atom is 0.423 e. The van der Waals surface area contributed by atoms with E-state index < -0.39 is 47.5 Å². The normalized spacial score (nSPS) is 28.3. The summed E-state index contributed by atoms with van der Waals surface area (Å²) < 4.78 is 44.1. The third-order valence-electron chi connectivity index (χ3n) is 3.73. The molecule has 0 amide bonds. The average molecular weight is 338 g/mol. The molecule has 1 aromatic rings. The number of halogens is 3. The standard InChI is InChI=1S/C13H17F3N2O5/c1-2-3-4-7-8(19)9(20)11(23-7)18-5-6(13(14,15)16)10(21)17-12(18)22/h5,7-9,11,19-20H,2-4H2,1H3,(H,17,21,22)/t7-,8-,9-,11?/m1/s1. The predicted molar refractivity (Wildman–Crippen MR) is 71.8 cm³/mol. The van der Waals surface area contributed by atoms with Gasteiger partial charge in [0.05, 0.1) is 6.10 Å². The summed E-state index contributed by atoms with van der Waals surface area (Å²) in [6, 6.07) is 0. The molecule has 1 fully saturated rings. The number of nitrogens with zero attached hydrogens (tertiary/aromatic N) is 1. The van der Waals surface area contributed by atoms with Crippen molar-refractivity contribution in [3.63, 3.8) is 0 Å². The van der Waals surface area contributed by atoms with Crippen molar-refractivity contribution in [1.29, 1.82) is 0 Å². The van der Waals surface area contributed by atoms with Gasteiger partial charge in [0.2, 0.25) is 0 Å². The third-order valence-corrected chi connectivity index (χ3v) is 3.73. The molecule has 0 spiro atoms. The quantitative estimate of drug-likeness (QED) is 0.735. The van der Waals surface area contributed by atoms with E-state index in [0.717, 1.165) is 6.42 Å². The number of aliphatic hydroxyl groups is 2. The molecule has 0 aromatic carbocycles. The molecule has 4 atom stereocenters. The molecule has 1 saturated heterocycles. The highest BCUT2D eigenvalue weighted by Crippen LogP contribution is 2.32. The van der Waals surface area contributed by atoms with Gasteiger partial charge in [-0.15, -0.1) is 0 Å². The summed E-state index contributed by atoms with van der Waals surface area (Å²) >= 11 is 0. The van der Waals surface area contributed by atoms with Crippen LogP contribution >= 0.6 is 0 Å². The number of hydrogen-bond donors (Lipinski definition) is 3. The highest BCUT2D eigenvalue weighted by molar-refractivity contribution is 5.10. The van der Waals surface area contributed by atoms with Crippen LogP contribution in [0.5, 0.6) is 0 Å². The minimum atomic E-state index is -4.97. The summed E-state index contributed by atoms with van der Waals surface area (Å²) in [5.41, 5.74) is -4.32. The van der Waals surface area contributed by atoms with Gasteiger partial charge in [-0.3, -0.25) is 14.3 Å². The largest absolute Gasteiger partial charge is 0.423 e. The fourth-order valence-corrected chi connectivity index (χ4v) is 2.48. The lowest BCUT2D eigenvalue weighted by molar-refractivity contribution is -0.139. The molecule has 2 rings (SSSR count). The summed E-state index contributed by atoms with van der Waals surface area (Å²) in [6.07, 6.45) is -8.03. The molecule has 2 heterocycles. The Hall–Kier alpha value is -1.65. The van der Waals surface area contributed by atoms with Crippen LogP contribution in [0.15, 0.2) is 15.8 Å². The van der Waals surface area contributed by atoms with E-state index in [0.29, 0.717) is 23.6 Å². The molecular weight excluding hydrogens is 321 g/mol. The van der Waals surface area contributed by atoms with Gasteiger partial charge in [-0.1, -0.05) is 19.8 Å². The first-order valence-corrected chi connectivity index (χ1v) is 7.11. The van der Waals surface area contributed by atoms with Crippen LogP contribution in [0.2, 0.25) is 0 Å². The van der Waals surface area contributed by atoms with Gasteiger partial charge in [0.15, 0.2) is 6.23 Å². The molecule has 130 valence electrons. The molecule has 3 N–H and O–H groups in total. The van der Waals surface area contributed by atoms with Gasteiger partial charge in [0, 0.05) is 6.20 Å². The van der Waals surface area contributed by atoms with Crippen LogP contribution in [0.4, 0.5) is 13.2 Å². The van der Waals surface area contributed by atoms with Crippen LogP contribution in [0.25, 0.3) is 0 Å². The lowest BCUT2D eigenvalue weighted by atomic mass is 10.1. The van der Waals surface area contributed by atoms with Crippen molar-refractivity contribution in [2.75, 3.05) is 0 Å². The first-order valence-electron chi connectivity index (χ1n) is 7.11. The van der Waals surface area contributed by atoms with Gasteiger partial charge in [-0.2, -0.15) is 13.2 Å². The van der Waals surface area contributed by atoms with Gasteiger partial charge < -0.3 is 14.9 Å². The lowest BCUT2D eigenvalue weighted by Crippen LogP contribution is -2.40. The molecule has 1 unspecified atom stereocenters. The van der Waals surface area contributed by atoms with Crippen molar-refractivity contribution in [2.45, 2.75) is 56.9 Å². The first kappa shape index (κ1) is 17.7. The number of aromatic amines is 1. The Morgan fingerprint density at radius 1 is 1.30 bits per heavy atom. The molecule has 23 heavy (non-hydrogen) atoms. The van der Waals surface area contributed by atoms with Crippen molar-refractivity contribution in [2.24, 2.45) is 0 Å². The Balaban J connectivity index is 2.39. The molecule has 0 bridgehead atoms. The second kappa shape index (κ2) is 6.46. The van der Waals surface area contributed by atoms with Crippen molar-refractivity contribution >= 4 is 0 Å². The SMILES string of the molecule is CCCC[C@H]1OC(n2cc(C(F)(F)F)c(=O)[nH]c2=O)[C@H](O)[C@@H]1O. The van der Waals surface area contributed by atoms with Gasteiger partial charge >= 0.3 is 11.9 Å². The smallest absolute Gasteiger partial charge is 0.388 e. The Kier molecular flexibility index (Phi) is 4.97. The van der Waals surface area contributed by atoms with Crippen molar-refractivity contribution in [1.82, 2.24) is 9.55 Å². The maximum atomic E-state index is 12.8. The van der Waals surface area contributed by atoms with E-state index in [1.165, 1.54) is 0 Å². The van der Waals surface area contributed by atoms with Gasteiger partial charge in [0.1, 0.15) is 17.8 Å². The van der Waals surface area contributed by atoms with Crippen LogP contribution in [-0.4, -0.2) is 38.1 Å². The van der Waals surface area contributed by atoms with E-state index in [1.807, 2.05) is 6.92 Å². The van der Waals surface area contributed by atoms with E-state index in [2.05, 4.69) is 0 Å². The summed E-state index contributed by atoms with van der Waals surface area (Å²) in [4.78, 5) is 24.6. The fraction of sp³-hybridized carbons (Fsp3) is 0.692. The average Bonchev–Trinajstić information content (AvgIpc) is 2.72. The monoisotopic (exact) mass is 338 g/mol. The zero-order valence-corrected chi connectivity index (χ0v) is 12.2. The molecule has 10 heteroatoms. The van der Waals surface area contributed by atoms with Crippen LogP contribution in [-0.2, 0) is 10.9 Å². The lowest BCUT2D eigenvalue weighted by Gasteiger charge is -2.18. The number of alkyl halides is 3. The number of nitrogens with one attached hydrogen (secondary N) is 1. The Morgan fingerprint density at radius 3 is 2.52 bits per heavy atom. The molecule has 7 nitrogen and oxygen atoms in total. The van der Waals surface area contributed by atoms with E-state index in [4.69, 9.17) is 4.74 Å². The van der Waals surface area contributed by atoms with Crippen LogP contribution in [0.3, 0.4) is 0 Å². The van der Waals surface area contributed by atoms with Crippen LogP contribution in [0, 0.1) is 0 Å². The van der Waals surface area contributed by atoms with Crippen molar-refractivity contribution < 1.29 is 28.1 Å². The Bertz CT molecular complexity index is 669. The number of H-pyrrole nitrogens is 1. The van der Waals surface area contributed by atoms with E-state index >= 15 is 0 Å². The number of rotatable bonds is 4. The molecule has 0 saturated carbocycles. The third kappa shape index (κ3) is 3.48. The van der Waals surface area contributed by atoms with Crippen LogP contribution < -0.4 is 11.2 Å². The number of aliphatic hydroxyl groups excluding tert-OH is 2. The van der Waals surface area contributed by atoms with E-state index in [9.17, 15) is 33.0 Å². The molecule has 0 radical (unpaired) electrons. The van der Waals surface area contributed by atoms with E-state index in [-0.39, 0.29) is 0 Å². The molecule has 1 aromatic heterocycles. The summed E-state index contributed by atoms with van der Waals surface area (Å²) in [7, 11) is 0. The van der Waals surface area contributed by atoms with Crippen LogP contribution in [0.1, 0.15) is 38.0 Å². The predicted octanol–water partition coefficient (Wildman–Crippen LogP) is 0.365. The summed E-state index contributed by atoms with van der Waals surface area (Å²) in [5, 5.41) is 19.9. The highest BCUT2D eigenvalue weighted by Gasteiger charge is 2.44. The first-order chi connectivity index (χ1) is 10.7. The maximum absolute atomic E-state index is 12.8. The number of hydrogen-bond acceptors (Lipinski definition) is 5. The molecule has 1 aliphatic rings. The second-order valence-electron chi connectivity index (χ2n) is 5.40. The second-order valence-corrected chi connectivity index (χ2v) is 5.40. The molecule has 1 aliphatic heterocycles. The molecule has 0 aliphatic carbocycles. The minimum absolute atomic E-state index is 0.296. The van der Waals surface area contributed by atoms with E-state index in [1.54, 1.807) is 4.98 Å². The zero-order valence-electron chi connectivity index (χ0n) is 12.2.